The van der Waals surface area contributed by atoms with Crippen LogP contribution in [0.5, 0.6) is 0 Å². The fourth-order valence-electron chi connectivity index (χ4n) is 1.10. The van der Waals surface area contributed by atoms with Crippen LogP contribution in [0, 0.1) is 6.92 Å². The molecule has 2 aromatic rings. The summed E-state index contributed by atoms with van der Waals surface area (Å²) < 4.78 is 1.42. The molecular formula is C8H9N7O. The second-order valence-electron chi connectivity index (χ2n) is 3.02. The van der Waals surface area contributed by atoms with Crippen LogP contribution >= 0.6 is 0 Å². The third-order valence-electron chi connectivity index (χ3n) is 1.85. The minimum Gasteiger partial charge on any atom is -0.409 e. The molecule has 0 aromatic carbocycles. The van der Waals surface area contributed by atoms with Crippen LogP contribution in [-0.4, -0.2) is 35.8 Å². The lowest BCUT2D eigenvalue weighted by molar-refractivity contribution is 0.318. The van der Waals surface area contributed by atoms with Gasteiger partial charge in [0.15, 0.2) is 5.82 Å². The highest BCUT2D eigenvalue weighted by Gasteiger charge is 2.07. The fraction of sp³-hybridized carbons (Fsp3) is 0.125. The molecule has 0 saturated carbocycles. The Morgan fingerprint density at radius 1 is 1.44 bits per heavy atom. The van der Waals surface area contributed by atoms with E-state index in [9.17, 15) is 0 Å². The van der Waals surface area contributed by atoms with Crippen LogP contribution in [-0.2, 0) is 0 Å². The average Bonchev–Trinajstić information content (AvgIpc) is 2.77. The van der Waals surface area contributed by atoms with Gasteiger partial charge in [-0.1, -0.05) is 5.16 Å². The van der Waals surface area contributed by atoms with E-state index in [-0.39, 0.29) is 11.7 Å². The molecule has 0 unspecified atom stereocenters. The molecule has 8 heteroatoms. The maximum absolute atomic E-state index is 8.46. The SMILES string of the molecule is Cc1cc(-n2cnc(C(N)=NO)n2)ncn1. The molecule has 16 heavy (non-hydrogen) atoms. The molecule has 0 aliphatic heterocycles. The van der Waals surface area contributed by atoms with Gasteiger partial charge in [0.25, 0.3) is 0 Å². The number of hydrogen-bond donors (Lipinski definition) is 2. The van der Waals surface area contributed by atoms with E-state index in [1.807, 2.05) is 6.92 Å². The van der Waals surface area contributed by atoms with Gasteiger partial charge in [-0.05, 0) is 6.92 Å². The second-order valence-corrected chi connectivity index (χ2v) is 3.02. The predicted molar refractivity (Wildman–Crippen MR) is 54.2 cm³/mol. The number of oxime groups is 1. The van der Waals surface area contributed by atoms with Crippen molar-refractivity contribution in [3.05, 3.63) is 30.2 Å². The van der Waals surface area contributed by atoms with E-state index >= 15 is 0 Å². The third kappa shape index (κ3) is 1.80. The maximum atomic E-state index is 8.46. The van der Waals surface area contributed by atoms with Gasteiger partial charge in [0.1, 0.15) is 12.7 Å². The molecule has 2 heterocycles. The number of aryl methyl sites for hydroxylation is 1. The summed E-state index contributed by atoms with van der Waals surface area (Å²) in [5, 5.41) is 15.3. The molecule has 82 valence electrons. The molecule has 0 fully saturated rings. The Labute approximate surface area is 90.5 Å². The molecule has 2 aromatic heterocycles. The molecule has 0 spiro atoms. The zero-order chi connectivity index (χ0) is 11.5. The first-order valence-electron chi connectivity index (χ1n) is 4.39. The Kier molecular flexibility index (Phi) is 2.46. The van der Waals surface area contributed by atoms with Gasteiger partial charge >= 0.3 is 0 Å². The Morgan fingerprint density at radius 2 is 2.25 bits per heavy atom. The normalized spacial score (nSPS) is 11.7. The Bertz CT molecular complexity index is 533. The Hall–Kier alpha value is -2.51. The van der Waals surface area contributed by atoms with Crippen molar-refractivity contribution in [2.45, 2.75) is 6.92 Å². The summed E-state index contributed by atoms with van der Waals surface area (Å²) in [4.78, 5) is 11.8. The topological polar surface area (TPSA) is 115 Å². The van der Waals surface area contributed by atoms with Crippen LogP contribution in [0.25, 0.3) is 5.82 Å². The van der Waals surface area contributed by atoms with E-state index in [0.29, 0.717) is 5.82 Å². The molecule has 0 aliphatic rings. The van der Waals surface area contributed by atoms with Crippen molar-refractivity contribution in [1.82, 2.24) is 24.7 Å². The van der Waals surface area contributed by atoms with Crippen molar-refractivity contribution in [3.8, 4) is 5.82 Å². The van der Waals surface area contributed by atoms with Crippen molar-refractivity contribution >= 4 is 5.84 Å². The zero-order valence-electron chi connectivity index (χ0n) is 8.44. The van der Waals surface area contributed by atoms with E-state index in [1.54, 1.807) is 6.07 Å². The zero-order valence-corrected chi connectivity index (χ0v) is 8.44. The number of amidine groups is 1. The summed E-state index contributed by atoms with van der Waals surface area (Å²) in [5.41, 5.74) is 6.16. The molecular weight excluding hydrogens is 210 g/mol. The molecule has 0 atom stereocenters. The average molecular weight is 219 g/mol. The molecule has 8 nitrogen and oxygen atoms in total. The smallest absolute Gasteiger partial charge is 0.220 e. The van der Waals surface area contributed by atoms with Crippen LogP contribution in [0.2, 0.25) is 0 Å². The van der Waals surface area contributed by atoms with Crippen molar-refractivity contribution in [2.75, 3.05) is 0 Å². The molecule has 0 aliphatic carbocycles. The van der Waals surface area contributed by atoms with Crippen LogP contribution < -0.4 is 5.73 Å². The molecule has 3 N–H and O–H groups in total. The van der Waals surface area contributed by atoms with E-state index in [0.717, 1.165) is 5.69 Å². The second kappa shape index (κ2) is 3.93. The largest absolute Gasteiger partial charge is 0.409 e. The quantitative estimate of drug-likeness (QED) is 0.303. The summed E-state index contributed by atoms with van der Waals surface area (Å²) in [6.45, 7) is 1.84. The number of hydrogen-bond acceptors (Lipinski definition) is 6. The summed E-state index contributed by atoms with van der Waals surface area (Å²) in [6.07, 6.45) is 2.85. The maximum Gasteiger partial charge on any atom is 0.220 e. The van der Waals surface area contributed by atoms with Crippen LogP contribution in [0.4, 0.5) is 0 Å². The standard InChI is InChI=1S/C8H9N7O/c1-5-2-6(11-3-10-5)15-4-12-8(13-15)7(9)14-16/h2-4,16H,1H3,(H2,9,14). The Morgan fingerprint density at radius 3 is 2.94 bits per heavy atom. The van der Waals surface area contributed by atoms with Gasteiger partial charge in [0.2, 0.25) is 11.7 Å². The van der Waals surface area contributed by atoms with E-state index in [2.05, 4.69) is 25.2 Å². The van der Waals surface area contributed by atoms with E-state index in [1.165, 1.54) is 17.3 Å². The molecule has 0 bridgehead atoms. The summed E-state index contributed by atoms with van der Waals surface area (Å²) in [6, 6.07) is 1.74. The van der Waals surface area contributed by atoms with Gasteiger partial charge in [0, 0.05) is 11.8 Å². The summed E-state index contributed by atoms with van der Waals surface area (Å²) >= 11 is 0. The van der Waals surface area contributed by atoms with Crippen molar-refractivity contribution in [3.63, 3.8) is 0 Å². The van der Waals surface area contributed by atoms with Crippen LogP contribution in [0.1, 0.15) is 11.5 Å². The monoisotopic (exact) mass is 219 g/mol. The summed E-state index contributed by atoms with van der Waals surface area (Å²) in [5.74, 6) is 0.556. The lowest BCUT2D eigenvalue weighted by Crippen LogP contribution is -2.15. The van der Waals surface area contributed by atoms with Crippen molar-refractivity contribution in [2.24, 2.45) is 10.9 Å². The lowest BCUT2D eigenvalue weighted by atomic mass is 10.4. The van der Waals surface area contributed by atoms with E-state index in [4.69, 9.17) is 10.9 Å². The Balaban J connectivity index is 2.39. The molecule has 2 rings (SSSR count). The van der Waals surface area contributed by atoms with Crippen molar-refractivity contribution in [1.29, 1.82) is 0 Å². The number of rotatable bonds is 2. The highest BCUT2D eigenvalue weighted by molar-refractivity contribution is 5.93. The number of nitrogens with zero attached hydrogens (tertiary/aromatic N) is 6. The van der Waals surface area contributed by atoms with Gasteiger partial charge in [-0.3, -0.25) is 0 Å². The first kappa shape index (κ1) is 10.0. The number of aromatic nitrogens is 5. The lowest BCUT2D eigenvalue weighted by Gasteiger charge is -1.98. The molecule has 0 radical (unpaired) electrons. The minimum absolute atomic E-state index is 0.138. The fourth-order valence-corrected chi connectivity index (χ4v) is 1.10. The molecule has 0 amide bonds. The number of nitrogens with two attached hydrogens (primary N) is 1. The van der Waals surface area contributed by atoms with Crippen LogP contribution in [0.3, 0.4) is 0 Å². The van der Waals surface area contributed by atoms with Crippen LogP contribution in [0.15, 0.2) is 23.9 Å². The van der Waals surface area contributed by atoms with Gasteiger partial charge in [-0.15, -0.1) is 5.10 Å². The third-order valence-corrected chi connectivity index (χ3v) is 1.85. The van der Waals surface area contributed by atoms with E-state index < -0.39 is 0 Å². The van der Waals surface area contributed by atoms with Gasteiger partial charge in [-0.25, -0.2) is 19.6 Å². The first-order chi connectivity index (χ1) is 7.70. The van der Waals surface area contributed by atoms with Gasteiger partial charge < -0.3 is 10.9 Å². The molecule has 0 saturated heterocycles. The van der Waals surface area contributed by atoms with Gasteiger partial charge in [0.05, 0.1) is 0 Å². The van der Waals surface area contributed by atoms with Crippen molar-refractivity contribution < 1.29 is 5.21 Å². The minimum atomic E-state index is -0.149. The van der Waals surface area contributed by atoms with Gasteiger partial charge in [-0.2, -0.15) is 0 Å². The summed E-state index contributed by atoms with van der Waals surface area (Å²) in [7, 11) is 0. The first-order valence-corrected chi connectivity index (χ1v) is 4.39. The predicted octanol–water partition coefficient (Wildman–Crippen LogP) is -0.540. The highest BCUT2D eigenvalue weighted by Crippen LogP contribution is 2.02. The highest BCUT2D eigenvalue weighted by atomic mass is 16.4.